The number of amides is 2. The first-order valence-electron chi connectivity index (χ1n) is 10.6. The quantitative estimate of drug-likeness (QED) is 0.253. The van der Waals surface area contributed by atoms with Crippen molar-refractivity contribution >= 4 is 33.4 Å². The zero-order valence-corrected chi connectivity index (χ0v) is 21.2. The molecule has 0 saturated heterocycles. The maximum atomic E-state index is 13.7. The number of nitro benzene ring substituents is 1. The van der Waals surface area contributed by atoms with E-state index in [0.29, 0.717) is 4.31 Å². The smallest absolute Gasteiger partial charge is 0.412 e. The Balaban J connectivity index is 2.57. The highest BCUT2D eigenvalue weighted by molar-refractivity contribution is 7.89. The minimum Gasteiger partial charge on any atom is -0.495 e. The Morgan fingerprint density at radius 1 is 1.19 bits per heavy atom. The standard InChI is InChI=1S/C22H28N4O9S/c1-14(20(27)24-29)25(13-15-8-6-7-9-18(15)26(30)31)36(32,33)16-10-11-19(34-5)17(12-16)23-21(28)35-22(2,3)4/h6-12,14,29H,13H2,1-5H3,(H,23,28)(H,24,27). The van der Waals surface area contributed by atoms with E-state index >= 15 is 0 Å². The van der Waals surface area contributed by atoms with Gasteiger partial charge in [-0.3, -0.25) is 25.4 Å². The second-order valence-corrected chi connectivity index (χ2v) is 10.5. The Labute approximate surface area is 208 Å². The van der Waals surface area contributed by atoms with Crippen molar-refractivity contribution in [2.45, 2.75) is 50.8 Å². The van der Waals surface area contributed by atoms with E-state index in [-0.39, 0.29) is 27.6 Å². The van der Waals surface area contributed by atoms with Gasteiger partial charge in [-0.1, -0.05) is 18.2 Å². The first-order valence-corrected chi connectivity index (χ1v) is 12.0. The van der Waals surface area contributed by atoms with Crippen molar-refractivity contribution in [2.75, 3.05) is 12.4 Å². The van der Waals surface area contributed by atoms with Gasteiger partial charge in [-0.2, -0.15) is 4.31 Å². The van der Waals surface area contributed by atoms with Gasteiger partial charge in [0.05, 0.1) is 22.6 Å². The fourth-order valence-electron chi connectivity index (χ4n) is 3.14. The van der Waals surface area contributed by atoms with E-state index in [1.54, 1.807) is 20.8 Å². The number of anilines is 1. The molecule has 2 aromatic carbocycles. The Morgan fingerprint density at radius 3 is 2.39 bits per heavy atom. The monoisotopic (exact) mass is 524 g/mol. The van der Waals surface area contributed by atoms with Gasteiger partial charge in [0.1, 0.15) is 17.4 Å². The van der Waals surface area contributed by atoms with Crippen molar-refractivity contribution in [3.8, 4) is 5.75 Å². The van der Waals surface area contributed by atoms with Crippen molar-refractivity contribution in [1.29, 1.82) is 0 Å². The number of methoxy groups -OCH3 is 1. The van der Waals surface area contributed by atoms with Gasteiger partial charge in [0, 0.05) is 18.2 Å². The molecule has 1 atom stereocenters. The van der Waals surface area contributed by atoms with E-state index in [9.17, 15) is 28.1 Å². The zero-order chi connectivity index (χ0) is 27.3. The molecule has 2 amide bonds. The number of ether oxygens (including phenoxy) is 2. The van der Waals surface area contributed by atoms with Crippen LogP contribution >= 0.6 is 0 Å². The fraction of sp³-hybridized carbons (Fsp3) is 0.364. The van der Waals surface area contributed by atoms with Gasteiger partial charge >= 0.3 is 6.09 Å². The Morgan fingerprint density at radius 2 is 1.83 bits per heavy atom. The second kappa shape index (κ2) is 11.3. The molecule has 0 aliphatic carbocycles. The number of nitrogens with zero attached hydrogens (tertiary/aromatic N) is 2. The highest BCUT2D eigenvalue weighted by Gasteiger charge is 2.35. The van der Waals surface area contributed by atoms with Crippen LogP contribution in [0.1, 0.15) is 33.3 Å². The molecular formula is C22H28N4O9S. The summed E-state index contributed by atoms with van der Waals surface area (Å²) in [5, 5.41) is 23.0. The highest BCUT2D eigenvalue weighted by Crippen LogP contribution is 2.31. The molecule has 0 spiro atoms. The number of nitrogens with one attached hydrogen (secondary N) is 2. The lowest BCUT2D eigenvalue weighted by molar-refractivity contribution is -0.385. The Hall–Kier alpha value is -3.75. The number of para-hydroxylation sites is 1. The summed E-state index contributed by atoms with van der Waals surface area (Å²) >= 11 is 0. The number of benzene rings is 2. The van der Waals surface area contributed by atoms with Gasteiger partial charge in [0.2, 0.25) is 10.0 Å². The number of hydrogen-bond donors (Lipinski definition) is 3. The predicted octanol–water partition coefficient (Wildman–Crippen LogP) is 3.04. The van der Waals surface area contributed by atoms with Crippen molar-refractivity contribution in [1.82, 2.24) is 9.79 Å². The van der Waals surface area contributed by atoms with Crippen LogP contribution in [0.25, 0.3) is 0 Å². The van der Waals surface area contributed by atoms with Crippen molar-refractivity contribution in [3.63, 3.8) is 0 Å². The van der Waals surface area contributed by atoms with Crippen LogP contribution in [-0.4, -0.2) is 53.6 Å². The molecule has 0 saturated carbocycles. The molecular weight excluding hydrogens is 496 g/mol. The maximum Gasteiger partial charge on any atom is 0.412 e. The highest BCUT2D eigenvalue weighted by atomic mass is 32.2. The van der Waals surface area contributed by atoms with E-state index in [0.717, 1.165) is 6.07 Å². The fourth-order valence-corrected chi connectivity index (χ4v) is 4.74. The van der Waals surface area contributed by atoms with Crippen LogP contribution < -0.4 is 15.5 Å². The van der Waals surface area contributed by atoms with Crippen LogP contribution in [-0.2, 0) is 26.1 Å². The molecule has 1 unspecified atom stereocenters. The van der Waals surface area contributed by atoms with Gasteiger partial charge in [0.15, 0.2) is 0 Å². The van der Waals surface area contributed by atoms with E-state index in [1.807, 2.05) is 0 Å². The third-order valence-electron chi connectivity index (χ3n) is 4.85. The lowest BCUT2D eigenvalue weighted by Crippen LogP contribution is -2.46. The van der Waals surface area contributed by atoms with E-state index in [2.05, 4.69) is 5.32 Å². The number of sulfonamides is 1. The molecule has 2 rings (SSSR count). The summed E-state index contributed by atoms with van der Waals surface area (Å²) in [5.41, 5.74) is 0.210. The SMILES string of the molecule is COc1ccc(S(=O)(=O)N(Cc2ccccc2[N+](=O)[O-])C(C)C(=O)NO)cc1NC(=O)OC(C)(C)C. The van der Waals surface area contributed by atoms with Crippen molar-refractivity contribution in [3.05, 3.63) is 58.1 Å². The predicted molar refractivity (Wildman–Crippen MR) is 128 cm³/mol. The first-order chi connectivity index (χ1) is 16.7. The molecule has 0 aromatic heterocycles. The summed E-state index contributed by atoms with van der Waals surface area (Å²) in [6.07, 6.45) is -0.861. The van der Waals surface area contributed by atoms with E-state index in [1.165, 1.54) is 55.9 Å². The summed E-state index contributed by atoms with van der Waals surface area (Å²) < 4.78 is 38.4. The number of nitro groups is 1. The molecule has 0 heterocycles. The van der Waals surface area contributed by atoms with Crippen LogP contribution in [0.3, 0.4) is 0 Å². The summed E-state index contributed by atoms with van der Waals surface area (Å²) in [7, 11) is -3.21. The van der Waals surface area contributed by atoms with Crippen LogP contribution in [0.5, 0.6) is 5.75 Å². The topological polar surface area (TPSA) is 177 Å². The normalized spacial score (nSPS) is 12.5. The maximum absolute atomic E-state index is 13.7. The van der Waals surface area contributed by atoms with Crippen LogP contribution in [0, 0.1) is 10.1 Å². The van der Waals surface area contributed by atoms with Crippen LogP contribution in [0.15, 0.2) is 47.4 Å². The summed E-state index contributed by atoms with van der Waals surface area (Å²) in [5.74, 6) is -0.927. The minimum atomic E-state index is -4.52. The van der Waals surface area contributed by atoms with Gasteiger partial charge in [-0.15, -0.1) is 0 Å². The number of carbonyl (C=O) groups excluding carboxylic acids is 2. The third-order valence-corrected chi connectivity index (χ3v) is 6.76. The molecule has 0 fully saturated rings. The number of rotatable bonds is 9. The summed E-state index contributed by atoms with van der Waals surface area (Å²) in [4.78, 5) is 34.9. The van der Waals surface area contributed by atoms with Gasteiger partial charge in [-0.25, -0.2) is 18.7 Å². The largest absolute Gasteiger partial charge is 0.495 e. The molecule has 13 nitrogen and oxygen atoms in total. The average molecular weight is 525 g/mol. The van der Waals surface area contributed by atoms with Crippen LogP contribution in [0.4, 0.5) is 16.2 Å². The van der Waals surface area contributed by atoms with E-state index in [4.69, 9.17) is 14.7 Å². The molecule has 0 radical (unpaired) electrons. The van der Waals surface area contributed by atoms with E-state index < -0.39 is 45.1 Å². The molecule has 3 N–H and O–H groups in total. The molecule has 0 aliphatic heterocycles. The third kappa shape index (κ3) is 6.90. The minimum absolute atomic E-state index is 0.0179. The summed E-state index contributed by atoms with van der Waals surface area (Å²) in [6, 6.07) is 7.57. The average Bonchev–Trinajstić information content (AvgIpc) is 2.80. The molecule has 0 aliphatic rings. The van der Waals surface area contributed by atoms with Crippen molar-refractivity contribution < 1.29 is 37.6 Å². The van der Waals surface area contributed by atoms with Gasteiger partial charge in [0.25, 0.3) is 11.6 Å². The van der Waals surface area contributed by atoms with Crippen LogP contribution in [0.2, 0.25) is 0 Å². The first kappa shape index (κ1) is 28.5. The number of hydrogen-bond acceptors (Lipinski definition) is 9. The lowest BCUT2D eigenvalue weighted by atomic mass is 10.1. The number of hydroxylamine groups is 1. The lowest BCUT2D eigenvalue weighted by Gasteiger charge is -2.27. The second-order valence-electron chi connectivity index (χ2n) is 8.58. The molecule has 2 aromatic rings. The molecule has 196 valence electrons. The van der Waals surface area contributed by atoms with Gasteiger partial charge in [-0.05, 0) is 45.9 Å². The van der Waals surface area contributed by atoms with Crippen molar-refractivity contribution in [2.24, 2.45) is 0 Å². The Kier molecular flexibility index (Phi) is 8.96. The Bertz CT molecular complexity index is 1240. The molecule has 36 heavy (non-hydrogen) atoms. The number of carbonyl (C=O) groups is 2. The molecule has 14 heteroatoms. The molecule has 0 bridgehead atoms. The summed E-state index contributed by atoms with van der Waals surface area (Å²) in [6.45, 7) is 5.60. The zero-order valence-electron chi connectivity index (χ0n) is 20.3. The van der Waals surface area contributed by atoms with Gasteiger partial charge < -0.3 is 9.47 Å².